The van der Waals surface area contributed by atoms with E-state index in [9.17, 15) is 14.7 Å². The van der Waals surface area contributed by atoms with Crippen molar-refractivity contribution in [2.24, 2.45) is 5.73 Å². The molecule has 5 heteroatoms. The zero-order valence-corrected chi connectivity index (χ0v) is 18.3. The fraction of sp³-hybridized carbons (Fsp3) is 0.259. The summed E-state index contributed by atoms with van der Waals surface area (Å²) in [5.41, 5.74) is 8.24. The minimum Gasteiger partial charge on any atom is -0.480 e. The van der Waals surface area contributed by atoms with Gasteiger partial charge in [0.15, 0.2) is 0 Å². The third-order valence-corrected chi connectivity index (χ3v) is 5.77. The SMILES string of the molecule is CC(c1ccccc1)N(C(=O)C(c1ccccc1)c1ccccc1)C(CCCN)C(=O)O. The van der Waals surface area contributed by atoms with E-state index in [1.807, 2.05) is 97.9 Å². The molecule has 5 nitrogen and oxygen atoms in total. The molecular formula is C27H30N2O3. The number of nitrogens with two attached hydrogens (primary N) is 1. The third-order valence-electron chi connectivity index (χ3n) is 5.77. The average molecular weight is 431 g/mol. The van der Waals surface area contributed by atoms with Gasteiger partial charge in [-0.2, -0.15) is 0 Å². The monoisotopic (exact) mass is 430 g/mol. The summed E-state index contributed by atoms with van der Waals surface area (Å²) in [4.78, 5) is 28.1. The molecule has 0 saturated carbocycles. The van der Waals surface area contributed by atoms with Gasteiger partial charge in [0.25, 0.3) is 0 Å². The highest BCUT2D eigenvalue weighted by molar-refractivity contribution is 5.91. The summed E-state index contributed by atoms with van der Waals surface area (Å²) in [6, 6.07) is 27.2. The van der Waals surface area contributed by atoms with Crippen LogP contribution in [0, 0.1) is 0 Å². The van der Waals surface area contributed by atoms with Gasteiger partial charge in [-0.15, -0.1) is 0 Å². The molecule has 3 rings (SSSR count). The molecule has 1 amide bonds. The van der Waals surface area contributed by atoms with Gasteiger partial charge in [-0.3, -0.25) is 4.79 Å². The number of amides is 1. The molecule has 3 aromatic rings. The van der Waals surface area contributed by atoms with Gasteiger partial charge in [0.2, 0.25) is 5.91 Å². The van der Waals surface area contributed by atoms with E-state index in [1.54, 1.807) is 0 Å². The molecule has 0 aliphatic heterocycles. The van der Waals surface area contributed by atoms with Gasteiger partial charge < -0.3 is 15.7 Å². The van der Waals surface area contributed by atoms with Crippen LogP contribution in [0.5, 0.6) is 0 Å². The largest absolute Gasteiger partial charge is 0.480 e. The Labute approximate surface area is 189 Å². The maximum atomic E-state index is 14.2. The van der Waals surface area contributed by atoms with E-state index in [1.165, 1.54) is 4.90 Å². The van der Waals surface area contributed by atoms with E-state index in [2.05, 4.69) is 0 Å². The summed E-state index contributed by atoms with van der Waals surface area (Å²) in [5, 5.41) is 10.1. The lowest BCUT2D eigenvalue weighted by molar-refractivity contribution is -0.153. The Kier molecular flexibility index (Phi) is 8.17. The van der Waals surface area contributed by atoms with Crippen molar-refractivity contribution in [3.05, 3.63) is 108 Å². The predicted octanol–water partition coefficient (Wildman–Crippen LogP) is 4.60. The normalized spacial score (nSPS) is 12.8. The number of carboxylic acids is 1. The van der Waals surface area contributed by atoms with E-state index < -0.39 is 24.0 Å². The van der Waals surface area contributed by atoms with Crippen LogP contribution < -0.4 is 5.73 Å². The van der Waals surface area contributed by atoms with Crippen LogP contribution in [-0.4, -0.2) is 34.5 Å². The lowest BCUT2D eigenvalue weighted by atomic mass is 9.88. The fourth-order valence-electron chi connectivity index (χ4n) is 4.12. The van der Waals surface area contributed by atoms with Gasteiger partial charge in [0.05, 0.1) is 12.0 Å². The Morgan fingerprint density at radius 2 is 1.25 bits per heavy atom. The molecule has 166 valence electrons. The van der Waals surface area contributed by atoms with Crippen LogP contribution in [0.3, 0.4) is 0 Å². The molecule has 0 fully saturated rings. The molecule has 0 spiro atoms. The Balaban J connectivity index is 2.12. The topological polar surface area (TPSA) is 83.6 Å². The average Bonchev–Trinajstić information content (AvgIpc) is 2.83. The molecule has 3 aromatic carbocycles. The van der Waals surface area contributed by atoms with Crippen LogP contribution >= 0.6 is 0 Å². The van der Waals surface area contributed by atoms with E-state index in [4.69, 9.17) is 5.73 Å². The number of nitrogens with zero attached hydrogens (tertiary/aromatic N) is 1. The second kappa shape index (κ2) is 11.3. The number of rotatable bonds is 10. The van der Waals surface area contributed by atoms with Crippen molar-refractivity contribution in [1.82, 2.24) is 4.90 Å². The third kappa shape index (κ3) is 5.42. The molecular weight excluding hydrogens is 400 g/mol. The number of carbonyl (C=O) groups is 2. The molecule has 2 atom stereocenters. The van der Waals surface area contributed by atoms with Crippen LogP contribution in [-0.2, 0) is 9.59 Å². The maximum absolute atomic E-state index is 14.2. The maximum Gasteiger partial charge on any atom is 0.326 e. The smallest absolute Gasteiger partial charge is 0.326 e. The summed E-state index contributed by atoms with van der Waals surface area (Å²) < 4.78 is 0. The van der Waals surface area contributed by atoms with Crippen molar-refractivity contribution >= 4 is 11.9 Å². The highest BCUT2D eigenvalue weighted by Gasteiger charge is 2.38. The standard InChI is InChI=1S/C27H30N2O3/c1-20(21-12-5-2-6-13-21)29(24(27(31)32)18-11-19-28)26(30)25(22-14-7-3-8-15-22)23-16-9-4-10-17-23/h2-10,12-17,20,24-25H,11,18-19,28H2,1H3,(H,31,32). The van der Waals surface area contributed by atoms with E-state index in [0.29, 0.717) is 19.4 Å². The molecule has 32 heavy (non-hydrogen) atoms. The van der Waals surface area contributed by atoms with Crippen molar-refractivity contribution in [1.29, 1.82) is 0 Å². The van der Waals surface area contributed by atoms with Crippen LogP contribution in [0.1, 0.15) is 48.4 Å². The summed E-state index contributed by atoms with van der Waals surface area (Å²) in [7, 11) is 0. The Bertz CT molecular complexity index is 954. The minimum absolute atomic E-state index is 0.233. The Morgan fingerprint density at radius 1 is 0.812 bits per heavy atom. The van der Waals surface area contributed by atoms with Gasteiger partial charge in [0.1, 0.15) is 6.04 Å². The van der Waals surface area contributed by atoms with Gasteiger partial charge in [0, 0.05) is 0 Å². The first kappa shape index (κ1) is 23.2. The highest BCUT2D eigenvalue weighted by Crippen LogP contribution is 2.33. The zero-order valence-electron chi connectivity index (χ0n) is 18.3. The number of hydrogen-bond donors (Lipinski definition) is 2. The Hall–Kier alpha value is -3.44. The van der Waals surface area contributed by atoms with Crippen molar-refractivity contribution in [2.45, 2.75) is 37.8 Å². The van der Waals surface area contributed by atoms with E-state index >= 15 is 0 Å². The molecule has 0 aromatic heterocycles. The minimum atomic E-state index is -1.02. The first-order chi connectivity index (χ1) is 15.5. The van der Waals surface area contributed by atoms with Gasteiger partial charge >= 0.3 is 5.97 Å². The van der Waals surface area contributed by atoms with Crippen molar-refractivity contribution in [2.75, 3.05) is 6.54 Å². The predicted molar refractivity (Wildman–Crippen MR) is 126 cm³/mol. The molecule has 0 aliphatic rings. The molecule has 0 saturated heterocycles. The quantitative estimate of drug-likeness (QED) is 0.492. The number of benzene rings is 3. The lowest BCUT2D eigenvalue weighted by Crippen LogP contribution is -2.48. The summed E-state index contributed by atoms with van der Waals surface area (Å²) >= 11 is 0. The molecule has 2 unspecified atom stereocenters. The van der Waals surface area contributed by atoms with Gasteiger partial charge in [-0.25, -0.2) is 4.79 Å². The first-order valence-electron chi connectivity index (χ1n) is 10.9. The van der Waals surface area contributed by atoms with E-state index in [-0.39, 0.29) is 5.91 Å². The fourth-order valence-corrected chi connectivity index (χ4v) is 4.12. The number of hydrogen-bond acceptors (Lipinski definition) is 3. The van der Waals surface area contributed by atoms with Gasteiger partial charge in [-0.05, 0) is 43.0 Å². The second-order valence-electron chi connectivity index (χ2n) is 7.87. The van der Waals surface area contributed by atoms with Crippen molar-refractivity contribution in [3.8, 4) is 0 Å². The highest BCUT2D eigenvalue weighted by atomic mass is 16.4. The van der Waals surface area contributed by atoms with Crippen molar-refractivity contribution < 1.29 is 14.7 Å². The molecule has 0 heterocycles. The summed E-state index contributed by atoms with van der Waals surface area (Å²) in [5.74, 6) is -1.86. The number of aliphatic carboxylic acids is 1. The number of carbonyl (C=O) groups excluding carboxylic acids is 1. The first-order valence-corrected chi connectivity index (χ1v) is 10.9. The van der Waals surface area contributed by atoms with Crippen LogP contribution in [0.4, 0.5) is 0 Å². The lowest BCUT2D eigenvalue weighted by Gasteiger charge is -2.37. The molecule has 0 bridgehead atoms. The van der Waals surface area contributed by atoms with Crippen LogP contribution in [0.2, 0.25) is 0 Å². The van der Waals surface area contributed by atoms with E-state index in [0.717, 1.165) is 16.7 Å². The second-order valence-corrected chi connectivity index (χ2v) is 7.87. The van der Waals surface area contributed by atoms with Crippen LogP contribution in [0.15, 0.2) is 91.0 Å². The number of carboxylic acid groups (broad SMARTS) is 1. The van der Waals surface area contributed by atoms with Gasteiger partial charge in [-0.1, -0.05) is 91.0 Å². The van der Waals surface area contributed by atoms with Crippen molar-refractivity contribution in [3.63, 3.8) is 0 Å². The Morgan fingerprint density at radius 3 is 1.66 bits per heavy atom. The van der Waals surface area contributed by atoms with Crippen LogP contribution in [0.25, 0.3) is 0 Å². The zero-order chi connectivity index (χ0) is 22.9. The molecule has 0 radical (unpaired) electrons. The molecule has 0 aliphatic carbocycles. The summed E-state index contributed by atoms with van der Waals surface area (Å²) in [6.07, 6.45) is 0.814. The molecule has 3 N–H and O–H groups in total. The summed E-state index contributed by atoms with van der Waals surface area (Å²) in [6.45, 7) is 2.25.